The van der Waals surface area contributed by atoms with Crippen LogP contribution in [0.25, 0.3) is 0 Å². The Balaban J connectivity index is 2.02. The van der Waals surface area contributed by atoms with Gasteiger partial charge in [-0.05, 0) is 26.0 Å². The first-order valence-electron chi connectivity index (χ1n) is 5.74. The topological polar surface area (TPSA) is 63.2 Å². The summed E-state index contributed by atoms with van der Waals surface area (Å²) in [5.41, 5.74) is 2.51. The molecule has 1 amide bonds. The summed E-state index contributed by atoms with van der Waals surface area (Å²) in [6.45, 7) is 5.73. The van der Waals surface area contributed by atoms with Crippen molar-refractivity contribution >= 4 is 11.6 Å². The molecular formula is C12H17N3O2. The van der Waals surface area contributed by atoms with Crippen LogP contribution >= 0.6 is 0 Å². The molecule has 2 N–H and O–H groups in total. The van der Waals surface area contributed by atoms with Crippen molar-refractivity contribution in [2.75, 3.05) is 25.0 Å². The molecule has 0 radical (unpaired) electrons. The summed E-state index contributed by atoms with van der Waals surface area (Å²) in [4.78, 5) is 16.2. The second kappa shape index (κ2) is 5.25. The van der Waals surface area contributed by atoms with Crippen molar-refractivity contribution in [3.05, 3.63) is 23.5 Å². The molecule has 1 aromatic rings. The number of carbonyl (C=O) groups is 1. The number of nitrogens with one attached hydrogen (secondary N) is 2. The van der Waals surface area contributed by atoms with Crippen LogP contribution in [0.5, 0.6) is 0 Å². The predicted molar refractivity (Wildman–Crippen MR) is 65.0 cm³/mol. The zero-order chi connectivity index (χ0) is 12.3. The maximum absolute atomic E-state index is 11.9. The fraction of sp³-hybridized carbons (Fsp3) is 0.500. The average Bonchev–Trinajstić information content (AvgIpc) is 2.34. The number of anilines is 1. The van der Waals surface area contributed by atoms with Crippen LogP contribution in [-0.4, -0.2) is 36.7 Å². The van der Waals surface area contributed by atoms with Gasteiger partial charge in [-0.25, -0.2) is 0 Å². The summed E-state index contributed by atoms with van der Waals surface area (Å²) in [6.07, 6.45) is -0.413. The number of amides is 1. The Morgan fingerprint density at radius 1 is 1.53 bits per heavy atom. The van der Waals surface area contributed by atoms with Gasteiger partial charge in [0, 0.05) is 18.8 Å². The molecule has 1 aliphatic rings. The molecule has 0 aliphatic carbocycles. The zero-order valence-electron chi connectivity index (χ0n) is 10.1. The van der Waals surface area contributed by atoms with Crippen molar-refractivity contribution < 1.29 is 9.53 Å². The van der Waals surface area contributed by atoms with Crippen LogP contribution in [0.3, 0.4) is 0 Å². The van der Waals surface area contributed by atoms with Gasteiger partial charge in [-0.2, -0.15) is 0 Å². The minimum atomic E-state index is -0.413. The quantitative estimate of drug-likeness (QED) is 0.789. The summed E-state index contributed by atoms with van der Waals surface area (Å²) in [5.74, 6) is -0.119. The van der Waals surface area contributed by atoms with E-state index >= 15 is 0 Å². The number of aryl methyl sites for hydroxylation is 2. The van der Waals surface area contributed by atoms with E-state index in [0.717, 1.165) is 23.6 Å². The normalized spacial score (nSPS) is 20.0. The molecule has 92 valence electrons. The summed E-state index contributed by atoms with van der Waals surface area (Å²) >= 11 is 0. The van der Waals surface area contributed by atoms with E-state index < -0.39 is 6.10 Å². The van der Waals surface area contributed by atoms with Crippen molar-refractivity contribution in [3.63, 3.8) is 0 Å². The van der Waals surface area contributed by atoms with E-state index in [1.165, 1.54) is 0 Å². The summed E-state index contributed by atoms with van der Waals surface area (Å²) in [6, 6.07) is 3.74. The van der Waals surface area contributed by atoms with E-state index in [0.29, 0.717) is 13.2 Å². The van der Waals surface area contributed by atoms with Gasteiger partial charge in [0.2, 0.25) is 0 Å². The average molecular weight is 235 g/mol. The van der Waals surface area contributed by atoms with Crippen LogP contribution < -0.4 is 10.6 Å². The van der Waals surface area contributed by atoms with Gasteiger partial charge in [-0.15, -0.1) is 0 Å². The number of hydrogen-bond acceptors (Lipinski definition) is 4. The minimum Gasteiger partial charge on any atom is -0.366 e. The number of morpholine rings is 1. The molecule has 5 nitrogen and oxygen atoms in total. The maximum atomic E-state index is 11.9. The Morgan fingerprint density at radius 3 is 3.00 bits per heavy atom. The zero-order valence-corrected chi connectivity index (χ0v) is 10.1. The van der Waals surface area contributed by atoms with Gasteiger partial charge < -0.3 is 15.4 Å². The number of carbonyl (C=O) groups excluding carboxylic acids is 1. The van der Waals surface area contributed by atoms with Crippen LogP contribution in [0.2, 0.25) is 0 Å². The summed E-state index contributed by atoms with van der Waals surface area (Å²) in [5, 5.41) is 5.96. The van der Waals surface area contributed by atoms with E-state index in [1.807, 2.05) is 26.0 Å². The number of hydrogen-bond donors (Lipinski definition) is 2. The molecule has 1 fully saturated rings. The Bertz CT molecular complexity index is 414. The van der Waals surface area contributed by atoms with Gasteiger partial charge in [-0.1, -0.05) is 0 Å². The molecule has 0 unspecified atom stereocenters. The van der Waals surface area contributed by atoms with Crippen LogP contribution in [0.15, 0.2) is 12.1 Å². The smallest absolute Gasteiger partial charge is 0.254 e. The van der Waals surface area contributed by atoms with Gasteiger partial charge in [0.1, 0.15) is 6.10 Å². The van der Waals surface area contributed by atoms with Gasteiger partial charge >= 0.3 is 0 Å². The van der Waals surface area contributed by atoms with Gasteiger partial charge in [0.15, 0.2) is 0 Å². The highest BCUT2D eigenvalue weighted by atomic mass is 16.5. The van der Waals surface area contributed by atoms with E-state index in [9.17, 15) is 4.79 Å². The van der Waals surface area contributed by atoms with Gasteiger partial charge in [-0.3, -0.25) is 9.78 Å². The molecule has 1 aliphatic heterocycles. The first kappa shape index (κ1) is 12.0. The molecule has 0 aromatic carbocycles. The van der Waals surface area contributed by atoms with Crippen LogP contribution in [0, 0.1) is 13.8 Å². The van der Waals surface area contributed by atoms with E-state index in [-0.39, 0.29) is 5.91 Å². The highest BCUT2D eigenvalue weighted by molar-refractivity contribution is 5.94. The Hall–Kier alpha value is -1.46. The van der Waals surface area contributed by atoms with E-state index in [2.05, 4.69) is 15.6 Å². The maximum Gasteiger partial charge on any atom is 0.254 e. The molecule has 0 bridgehead atoms. The van der Waals surface area contributed by atoms with Crippen molar-refractivity contribution in [1.29, 1.82) is 0 Å². The van der Waals surface area contributed by atoms with Crippen molar-refractivity contribution in [2.24, 2.45) is 0 Å². The molecule has 5 heteroatoms. The molecular weight excluding hydrogens is 218 g/mol. The van der Waals surface area contributed by atoms with E-state index in [4.69, 9.17) is 4.74 Å². The molecule has 17 heavy (non-hydrogen) atoms. The lowest BCUT2D eigenvalue weighted by atomic mass is 10.2. The van der Waals surface area contributed by atoms with Crippen molar-refractivity contribution in [2.45, 2.75) is 20.0 Å². The number of aromatic nitrogens is 1. The first-order chi connectivity index (χ1) is 8.16. The second-order valence-electron chi connectivity index (χ2n) is 4.14. The number of rotatable bonds is 2. The molecule has 2 heterocycles. The summed E-state index contributed by atoms with van der Waals surface area (Å²) < 4.78 is 5.38. The highest BCUT2D eigenvalue weighted by Gasteiger charge is 2.22. The van der Waals surface area contributed by atoms with Crippen LogP contribution in [0.4, 0.5) is 5.69 Å². The monoisotopic (exact) mass is 235 g/mol. The lowest BCUT2D eigenvalue weighted by Crippen LogP contribution is -2.45. The second-order valence-corrected chi connectivity index (χ2v) is 4.14. The third-order valence-corrected chi connectivity index (χ3v) is 2.70. The predicted octanol–water partition coefficient (Wildman–Crippen LogP) is 0.625. The largest absolute Gasteiger partial charge is 0.366 e. The fourth-order valence-electron chi connectivity index (χ4n) is 1.77. The molecule has 1 aromatic heterocycles. The standard InChI is InChI=1S/C12H17N3O2/c1-8-3-4-10(9(2)14-8)15-12(16)11-7-13-5-6-17-11/h3-4,11,13H,5-7H2,1-2H3,(H,15,16)/t11-/m1/s1. The highest BCUT2D eigenvalue weighted by Crippen LogP contribution is 2.13. The molecule has 1 atom stereocenters. The lowest BCUT2D eigenvalue weighted by molar-refractivity contribution is -0.128. The first-order valence-corrected chi connectivity index (χ1v) is 5.74. The Labute approximate surface area is 101 Å². The molecule has 1 saturated heterocycles. The number of pyridine rings is 1. The Morgan fingerprint density at radius 2 is 2.35 bits per heavy atom. The Kier molecular flexibility index (Phi) is 3.71. The van der Waals surface area contributed by atoms with Gasteiger partial charge in [0.05, 0.1) is 18.0 Å². The minimum absolute atomic E-state index is 0.119. The van der Waals surface area contributed by atoms with Crippen molar-refractivity contribution in [3.8, 4) is 0 Å². The van der Waals surface area contributed by atoms with E-state index in [1.54, 1.807) is 0 Å². The summed E-state index contributed by atoms with van der Waals surface area (Å²) in [7, 11) is 0. The van der Waals surface area contributed by atoms with Gasteiger partial charge in [0.25, 0.3) is 5.91 Å². The van der Waals surface area contributed by atoms with Crippen LogP contribution in [-0.2, 0) is 9.53 Å². The van der Waals surface area contributed by atoms with Crippen LogP contribution in [0.1, 0.15) is 11.4 Å². The van der Waals surface area contributed by atoms with Crippen molar-refractivity contribution in [1.82, 2.24) is 10.3 Å². The molecule has 0 saturated carbocycles. The SMILES string of the molecule is Cc1ccc(NC(=O)[C@H]2CNCCO2)c(C)n1. The number of nitrogens with zero attached hydrogens (tertiary/aromatic N) is 1. The molecule has 2 rings (SSSR count). The molecule has 0 spiro atoms. The lowest BCUT2D eigenvalue weighted by Gasteiger charge is -2.23. The third kappa shape index (κ3) is 3.01. The fourth-order valence-corrected chi connectivity index (χ4v) is 1.77. The third-order valence-electron chi connectivity index (χ3n) is 2.70. The number of ether oxygens (including phenoxy) is 1.